The van der Waals surface area contributed by atoms with Crippen molar-refractivity contribution < 1.29 is 4.79 Å². The van der Waals surface area contributed by atoms with E-state index in [1.54, 1.807) is 0 Å². The lowest BCUT2D eigenvalue weighted by Gasteiger charge is -2.23. The summed E-state index contributed by atoms with van der Waals surface area (Å²) in [5, 5.41) is 7.28. The van der Waals surface area contributed by atoms with Crippen LogP contribution in [0.25, 0.3) is 0 Å². The maximum atomic E-state index is 12.0. The molecule has 3 atom stereocenters. The lowest BCUT2D eigenvalue weighted by molar-refractivity contribution is -0.126. The first-order valence-electron chi connectivity index (χ1n) is 6.33. The Labute approximate surface area is 102 Å². The molecule has 1 saturated carbocycles. The number of nitrogens with one attached hydrogen (secondary N) is 2. The highest BCUT2D eigenvalue weighted by Crippen LogP contribution is 2.28. The van der Waals surface area contributed by atoms with Gasteiger partial charge in [-0.25, -0.2) is 0 Å². The normalized spacial score (nSPS) is 34.9. The molecule has 0 spiro atoms. The Hall–Kier alpha value is -0.220. The van der Waals surface area contributed by atoms with Gasteiger partial charge in [0.25, 0.3) is 0 Å². The molecule has 16 heavy (non-hydrogen) atoms. The van der Waals surface area contributed by atoms with Gasteiger partial charge in [-0.15, -0.1) is 0 Å². The van der Waals surface area contributed by atoms with Gasteiger partial charge in [0, 0.05) is 17.8 Å². The zero-order chi connectivity index (χ0) is 11.4. The molecule has 2 rings (SSSR count). The molecule has 3 unspecified atom stereocenters. The van der Waals surface area contributed by atoms with Crippen LogP contribution in [0.4, 0.5) is 0 Å². The van der Waals surface area contributed by atoms with Crippen molar-refractivity contribution in [2.24, 2.45) is 5.92 Å². The lowest BCUT2D eigenvalue weighted by atomic mass is 9.98. The molecule has 92 valence electrons. The van der Waals surface area contributed by atoms with Crippen LogP contribution in [0, 0.1) is 5.92 Å². The SMILES string of the molecule is CSC1CCC(NC(=O)C2CCCNC2)C1. The fraction of sp³-hybridized carbons (Fsp3) is 0.917. The van der Waals surface area contributed by atoms with Crippen LogP contribution in [0.3, 0.4) is 0 Å². The van der Waals surface area contributed by atoms with E-state index in [2.05, 4.69) is 16.9 Å². The van der Waals surface area contributed by atoms with Gasteiger partial charge in [-0.05, 0) is 44.9 Å². The Morgan fingerprint density at radius 2 is 2.25 bits per heavy atom. The molecule has 2 N–H and O–H groups in total. The predicted molar refractivity (Wildman–Crippen MR) is 68.7 cm³/mol. The number of amides is 1. The summed E-state index contributed by atoms with van der Waals surface area (Å²) in [6, 6.07) is 0.437. The average molecular weight is 242 g/mol. The minimum absolute atomic E-state index is 0.210. The number of carbonyl (C=O) groups is 1. The summed E-state index contributed by atoms with van der Waals surface area (Å²) in [4.78, 5) is 12.0. The van der Waals surface area contributed by atoms with E-state index in [-0.39, 0.29) is 11.8 Å². The van der Waals surface area contributed by atoms with E-state index in [1.807, 2.05) is 11.8 Å². The lowest BCUT2D eigenvalue weighted by Crippen LogP contribution is -2.43. The summed E-state index contributed by atoms with van der Waals surface area (Å²) in [5.41, 5.74) is 0. The van der Waals surface area contributed by atoms with Crippen molar-refractivity contribution in [3.05, 3.63) is 0 Å². The average Bonchev–Trinajstić information content (AvgIpc) is 2.78. The van der Waals surface area contributed by atoms with Gasteiger partial charge in [-0.3, -0.25) is 4.79 Å². The minimum Gasteiger partial charge on any atom is -0.353 e. The van der Waals surface area contributed by atoms with Crippen LogP contribution < -0.4 is 10.6 Å². The molecular weight excluding hydrogens is 220 g/mol. The third-order valence-electron chi connectivity index (χ3n) is 3.73. The van der Waals surface area contributed by atoms with E-state index in [9.17, 15) is 4.79 Å². The molecule has 3 nitrogen and oxygen atoms in total. The summed E-state index contributed by atoms with van der Waals surface area (Å²) in [5.74, 6) is 0.487. The molecule has 0 aromatic heterocycles. The van der Waals surface area contributed by atoms with E-state index < -0.39 is 0 Å². The molecule has 0 aromatic carbocycles. The third kappa shape index (κ3) is 3.14. The second-order valence-electron chi connectivity index (χ2n) is 4.92. The first kappa shape index (κ1) is 12.2. The summed E-state index contributed by atoms with van der Waals surface area (Å²) in [7, 11) is 0. The highest BCUT2D eigenvalue weighted by Gasteiger charge is 2.28. The predicted octanol–water partition coefficient (Wildman–Crippen LogP) is 1.39. The largest absolute Gasteiger partial charge is 0.353 e. The Morgan fingerprint density at radius 3 is 2.88 bits per heavy atom. The number of thioether (sulfide) groups is 1. The summed E-state index contributed by atoms with van der Waals surface area (Å²) in [6.07, 6.45) is 7.94. The van der Waals surface area contributed by atoms with E-state index in [0.29, 0.717) is 6.04 Å². The topological polar surface area (TPSA) is 41.1 Å². The molecule has 1 saturated heterocycles. The van der Waals surface area contributed by atoms with E-state index in [1.165, 1.54) is 6.42 Å². The molecule has 1 aliphatic carbocycles. The van der Waals surface area contributed by atoms with Crippen LogP contribution in [-0.4, -0.2) is 36.5 Å². The van der Waals surface area contributed by atoms with Crippen molar-refractivity contribution in [1.29, 1.82) is 0 Å². The fourth-order valence-corrected chi connectivity index (χ4v) is 3.48. The Morgan fingerprint density at radius 1 is 1.38 bits per heavy atom. The molecule has 1 aliphatic heterocycles. The molecule has 1 heterocycles. The van der Waals surface area contributed by atoms with Gasteiger partial charge < -0.3 is 10.6 Å². The zero-order valence-corrected chi connectivity index (χ0v) is 10.8. The molecule has 4 heteroatoms. The first-order chi connectivity index (χ1) is 7.79. The number of piperidine rings is 1. The second-order valence-corrected chi connectivity index (χ2v) is 6.06. The zero-order valence-electron chi connectivity index (χ0n) is 10.00. The minimum atomic E-state index is 0.210. The van der Waals surface area contributed by atoms with E-state index >= 15 is 0 Å². The monoisotopic (exact) mass is 242 g/mol. The molecule has 2 fully saturated rings. The van der Waals surface area contributed by atoms with Gasteiger partial charge in [-0.1, -0.05) is 0 Å². The molecular formula is C12H22N2OS. The van der Waals surface area contributed by atoms with Gasteiger partial charge in [-0.2, -0.15) is 11.8 Å². The van der Waals surface area contributed by atoms with Crippen LogP contribution >= 0.6 is 11.8 Å². The highest BCUT2D eigenvalue weighted by atomic mass is 32.2. The Bertz CT molecular complexity index is 241. The van der Waals surface area contributed by atoms with Crippen LogP contribution in [0.2, 0.25) is 0 Å². The first-order valence-corrected chi connectivity index (χ1v) is 7.62. The Balaban J connectivity index is 1.74. The maximum absolute atomic E-state index is 12.0. The molecule has 0 radical (unpaired) electrons. The summed E-state index contributed by atoms with van der Waals surface area (Å²) < 4.78 is 0. The highest BCUT2D eigenvalue weighted by molar-refractivity contribution is 7.99. The molecule has 0 aromatic rings. The molecule has 0 bridgehead atoms. The quantitative estimate of drug-likeness (QED) is 0.786. The van der Waals surface area contributed by atoms with Gasteiger partial charge in [0.2, 0.25) is 5.91 Å². The maximum Gasteiger partial charge on any atom is 0.224 e. The van der Waals surface area contributed by atoms with Crippen LogP contribution in [0.5, 0.6) is 0 Å². The number of hydrogen-bond donors (Lipinski definition) is 2. The second kappa shape index (κ2) is 5.92. The molecule has 1 amide bonds. The van der Waals surface area contributed by atoms with Crippen molar-refractivity contribution in [2.45, 2.75) is 43.4 Å². The van der Waals surface area contributed by atoms with Crippen LogP contribution in [0.15, 0.2) is 0 Å². The van der Waals surface area contributed by atoms with Gasteiger partial charge in [0.05, 0.1) is 5.92 Å². The number of rotatable bonds is 3. The molecule has 2 aliphatic rings. The number of carbonyl (C=O) groups excluding carboxylic acids is 1. The smallest absolute Gasteiger partial charge is 0.224 e. The standard InChI is InChI=1S/C12H22N2OS/c1-16-11-5-4-10(7-11)14-12(15)9-3-2-6-13-8-9/h9-11,13H,2-8H2,1H3,(H,14,15). The van der Waals surface area contributed by atoms with Gasteiger partial charge >= 0.3 is 0 Å². The number of hydrogen-bond acceptors (Lipinski definition) is 3. The van der Waals surface area contributed by atoms with Gasteiger partial charge in [0.1, 0.15) is 0 Å². The van der Waals surface area contributed by atoms with E-state index in [4.69, 9.17) is 0 Å². The van der Waals surface area contributed by atoms with Crippen LogP contribution in [-0.2, 0) is 4.79 Å². The van der Waals surface area contributed by atoms with Crippen molar-refractivity contribution >= 4 is 17.7 Å². The van der Waals surface area contributed by atoms with Crippen molar-refractivity contribution in [2.75, 3.05) is 19.3 Å². The van der Waals surface area contributed by atoms with E-state index in [0.717, 1.165) is 44.0 Å². The van der Waals surface area contributed by atoms with Crippen LogP contribution in [0.1, 0.15) is 32.1 Å². The van der Waals surface area contributed by atoms with Crippen molar-refractivity contribution in [3.63, 3.8) is 0 Å². The summed E-state index contributed by atoms with van der Waals surface area (Å²) in [6.45, 7) is 1.94. The van der Waals surface area contributed by atoms with Gasteiger partial charge in [0.15, 0.2) is 0 Å². The fourth-order valence-electron chi connectivity index (χ4n) is 2.68. The van der Waals surface area contributed by atoms with Crippen molar-refractivity contribution in [1.82, 2.24) is 10.6 Å². The third-order valence-corrected chi connectivity index (χ3v) is 4.83. The Kier molecular flexibility index (Phi) is 4.53. The summed E-state index contributed by atoms with van der Waals surface area (Å²) >= 11 is 1.94. The van der Waals surface area contributed by atoms with Crippen molar-refractivity contribution in [3.8, 4) is 0 Å².